The summed E-state index contributed by atoms with van der Waals surface area (Å²) in [6.07, 6.45) is 0. The number of aromatic nitrogens is 2. The Morgan fingerprint density at radius 2 is 1.81 bits per heavy atom. The molecular weight excluding hydrogens is 354 g/mol. The Morgan fingerprint density at radius 1 is 1.08 bits per heavy atom. The molecule has 26 heavy (non-hydrogen) atoms. The lowest BCUT2D eigenvalue weighted by Crippen LogP contribution is -2.14. The third-order valence-corrected chi connectivity index (χ3v) is 4.39. The normalized spacial score (nSPS) is 10.3. The monoisotopic (exact) mass is 369 g/mol. The fourth-order valence-electron chi connectivity index (χ4n) is 2.19. The van der Waals surface area contributed by atoms with E-state index < -0.39 is 11.8 Å². The maximum absolute atomic E-state index is 12.3. The predicted octanol–water partition coefficient (Wildman–Crippen LogP) is 2.09. The van der Waals surface area contributed by atoms with Gasteiger partial charge in [0.2, 0.25) is 5.91 Å². The van der Waals surface area contributed by atoms with Crippen LogP contribution in [0.2, 0.25) is 0 Å². The van der Waals surface area contributed by atoms with E-state index in [0.29, 0.717) is 21.9 Å². The second-order valence-corrected chi connectivity index (χ2v) is 6.31. The number of rotatable bonds is 5. The lowest BCUT2D eigenvalue weighted by Gasteiger charge is -2.03. The maximum Gasteiger partial charge on any atom is 0.276 e. The summed E-state index contributed by atoms with van der Waals surface area (Å²) >= 11 is 1.32. The largest absolute Gasteiger partial charge is 0.366 e. The molecule has 0 saturated carbocycles. The number of hydrogen-bond acceptors (Lipinski definition) is 5. The van der Waals surface area contributed by atoms with Crippen LogP contribution in [0, 0.1) is 0 Å². The van der Waals surface area contributed by atoms with Crippen LogP contribution in [-0.4, -0.2) is 27.5 Å². The number of amides is 3. The highest BCUT2D eigenvalue weighted by Crippen LogP contribution is 2.16. The molecule has 3 aromatic rings. The molecule has 0 aliphatic carbocycles. The quantitative estimate of drug-likeness (QED) is 0.638. The molecular formula is C17H15N5O3S. The zero-order valence-corrected chi connectivity index (χ0v) is 14.5. The van der Waals surface area contributed by atoms with Crippen LogP contribution in [0.5, 0.6) is 0 Å². The van der Waals surface area contributed by atoms with E-state index in [4.69, 9.17) is 5.73 Å². The summed E-state index contributed by atoms with van der Waals surface area (Å²) in [5, 5.41) is 11.3. The van der Waals surface area contributed by atoms with Crippen molar-refractivity contribution in [2.75, 3.05) is 10.6 Å². The molecule has 0 spiro atoms. The molecule has 2 aromatic heterocycles. The second-order valence-electron chi connectivity index (χ2n) is 5.37. The molecule has 3 rings (SSSR count). The molecule has 0 saturated heterocycles. The summed E-state index contributed by atoms with van der Waals surface area (Å²) < 4.78 is 1.41. The summed E-state index contributed by atoms with van der Waals surface area (Å²) in [6, 6.07) is 11.1. The molecule has 2 heterocycles. The first kappa shape index (κ1) is 17.4. The fourth-order valence-corrected chi connectivity index (χ4v) is 2.81. The zero-order chi connectivity index (χ0) is 18.7. The van der Waals surface area contributed by atoms with Crippen molar-refractivity contribution >= 4 is 40.6 Å². The topological polar surface area (TPSA) is 119 Å². The highest BCUT2D eigenvalue weighted by atomic mass is 32.1. The standard InChI is InChI=1S/C17H15N5O3S/c1-22-14(20-17(25)13-3-2-8-26-13)9-12(21-22)16(24)19-11-6-4-10(5-7-11)15(18)23/h2-9H,1H3,(H2,18,23)(H,19,24)(H,20,25). The molecule has 1 aromatic carbocycles. The van der Waals surface area contributed by atoms with Crippen LogP contribution in [0.25, 0.3) is 0 Å². The van der Waals surface area contributed by atoms with Gasteiger partial charge in [-0.15, -0.1) is 11.3 Å². The van der Waals surface area contributed by atoms with Gasteiger partial charge in [0.25, 0.3) is 11.8 Å². The molecule has 3 amide bonds. The van der Waals surface area contributed by atoms with E-state index in [-0.39, 0.29) is 11.6 Å². The van der Waals surface area contributed by atoms with Gasteiger partial charge in [0.05, 0.1) is 4.88 Å². The number of nitrogens with two attached hydrogens (primary N) is 1. The van der Waals surface area contributed by atoms with E-state index in [1.54, 1.807) is 36.7 Å². The number of nitrogens with one attached hydrogen (secondary N) is 2. The number of nitrogens with zero attached hydrogens (tertiary/aromatic N) is 2. The fraction of sp³-hybridized carbons (Fsp3) is 0.0588. The van der Waals surface area contributed by atoms with E-state index in [2.05, 4.69) is 15.7 Å². The van der Waals surface area contributed by atoms with Gasteiger partial charge in [-0.1, -0.05) is 6.07 Å². The Morgan fingerprint density at radius 3 is 2.42 bits per heavy atom. The van der Waals surface area contributed by atoms with E-state index in [1.807, 2.05) is 0 Å². The van der Waals surface area contributed by atoms with Crippen molar-refractivity contribution in [1.82, 2.24) is 9.78 Å². The lowest BCUT2D eigenvalue weighted by atomic mass is 10.2. The first-order valence-corrected chi connectivity index (χ1v) is 8.42. The number of carbonyl (C=O) groups is 3. The van der Waals surface area contributed by atoms with Gasteiger partial charge >= 0.3 is 0 Å². The number of primary amides is 1. The number of aryl methyl sites for hydroxylation is 1. The SMILES string of the molecule is Cn1nc(C(=O)Nc2ccc(C(N)=O)cc2)cc1NC(=O)c1cccs1. The Kier molecular flexibility index (Phi) is 4.81. The predicted molar refractivity (Wildman–Crippen MR) is 98.4 cm³/mol. The molecule has 8 nitrogen and oxygen atoms in total. The van der Waals surface area contributed by atoms with E-state index in [1.165, 1.54) is 34.2 Å². The van der Waals surface area contributed by atoms with Crippen LogP contribution >= 0.6 is 11.3 Å². The number of anilines is 2. The molecule has 4 N–H and O–H groups in total. The van der Waals surface area contributed by atoms with Crippen molar-refractivity contribution in [3.05, 3.63) is 64.0 Å². The van der Waals surface area contributed by atoms with Gasteiger partial charge in [-0.25, -0.2) is 0 Å². The molecule has 9 heteroatoms. The van der Waals surface area contributed by atoms with Gasteiger partial charge < -0.3 is 16.4 Å². The van der Waals surface area contributed by atoms with Crippen LogP contribution in [0.1, 0.15) is 30.5 Å². The summed E-state index contributed by atoms with van der Waals surface area (Å²) in [7, 11) is 1.63. The van der Waals surface area contributed by atoms with Crippen LogP contribution in [-0.2, 0) is 7.05 Å². The molecule has 132 valence electrons. The van der Waals surface area contributed by atoms with Crippen molar-refractivity contribution in [2.24, 2.45) is 12.8 Å². The van der Waals surface area contributed by atoms with Crippen molar-refractivity contribution in [3.63, 3.8) is 0 Å². The summed E-state index contributed by atoms with van der Waals surface area (Å²) in [5.74, 6) is -0.850. The molecule has 0 atom stereocenters. The van der Waals surface area contributed by atoms with Gasteiger partial charge in [0, 0.05) is 24.4 Å². The molecule has 0 fully saturated rings. The Bertz CT molecular complexity index is 961. The van der Waals surface area contributed by atoms with Gasteiger partial charge in [-0.2, -0.15) is 5.10 Å². The first-order valence-electron chi connectivity index (χ1n) is 7.54. The number of benzene rings is 1. The highest BCUT2D eigenvalue weighted by molar-refractivity contribution is 7.12. The molecule has 0 aliphatic heterocycles. The zero-order valence-electron chi connectivity index (χ0n) is 13.7. The Hall–Kier alpha value is -3.46. The summed E-state index contributed by atoms with van der Waals surface area (Å²) in [6.45, 7) is 0. The van der Waals surface area contributed by atoms with Crippen LogP contribution in [0.4, 0.5) is 11.5 Å². The lowest BCUT2D eigenvalue weighted by molar-refractivity contribution is 0.0996. The van der Waals surface area contributed by atoms with Gasteiger partial charge in [-0.3, -0.25) is 19.1 Å². The average molecular weight is 369 g/mol. The minimum Gasteiger partial charge on any atom is -0.366 e. The summed E-state index contributed by atoms with van der Waals surface area (Å²) in [4.78, 5) is 36.0. The third-order valence-electron chi connectivity index (χ3n) is 3.53. The molecule has 0 bridgehead atoms. The van der Waals surface area contributed by atoms with E-state index in [0.717, 1.165) is 0 Å². The van der Waals surface area contributed by atoms with Gasteiger partial charge in [0.15, 0.2) is 5.69 Å². The highest BCUT2D eigenvalue weighted by Gasteiger charge is 2.16. The van der Waals surface area contributed by atoms with Crippen LogP contribution < -0.4 is 16.4 Å². The first-order chi connectivity index (χ1) is 12.4. The van der Waals surface area contributed by atoms with E-state index >= 15 is 0 Å². The Labute approximate surface area is 152 Å². The minimum absolute atomic E-state index is 0.146. The van der Waals surface area contributed by atoms with E-state index in [9.17, 15) is 14.4 Å². The van der Waals surface area contributed by atoms with Crippen molar-refractivity contribution in [1.29, 1.82) is 0 Å². The van der Waals surface area contributed by atoms with Crippen molar-refractivity contribution < 1.29 is 14.4 Å². The minimum atomic E-state index is -0.543. The molecule has 0 radical (unpaired) electrons. The molecule has 0 aliphatic rings. The van der Waals surface area contributed by atoms with Crippen LogP contribution in [0.3, 0.4) is 0 Å². The Balaban J connectivity index is 1.70. The second kappa shape index (κ2) is 7.19. The van der Waals surface area contributed by atoms with Crippen molar-refractivity contribution in [2.45, 2.75) is 0 Å². The number of carbonyl (C=O) groups excluding carboxylic acids is 3. The number of hydrogen-bond donors (Lipinski definition) is 3. The summed E-state index contributed by atoms with van der Waals surface area (Å²) in [5.41, 5.74) is 6.17. The smallest absolute Gasteiger partial charge is 0.276 e. The third kappa shape index (κ3) is 3.78. The van der Waals surface area contributed by atoms with Crippen LogP contribution in [0.15, 0.2) is 47.8 Å². The number of thiophene rings is 1. The van der Waals surface area contributed by atoms with Gasteiger partial charge in [-0.05, 0) is 35.7 Å². The van der Waals surface area contributed by atoms with Crippen molar-refractivity contribution in [3.8, 4) is 0 Å². The molecule has 0 unspecified atom stereocenters. The average Bonchev–Trinajstić information content (AvgIpc) is 3.26. The van der Waals surface area contributed by atoms with Gasteiger partial charge in [0.1, 0.15) is 5.82 Å². The maximum atomic E-state index is 12.3.